The van der Waals surface area contributed by atoms with Crippen LogP contribution in [0.4, 0.5) is 0 Å². The first-order valence-electron chi connectivity index (χ1n) is 5.83. The van der Waals surface area contributed by atoms with Crippen molar-refractivity contribution in [3.63, 3.8) is 0 Å². The third kappa shape index (κ3) is 1.87. The second-order valence-corrected chi connectivity index (χ2v) is 4.04. The lowest BCUT2D eigenvalue weighted by atomic mass is 10.1. The number of Topliss-reactive ketones (excluding diaryl/α,β-unsaturated/α-hetero) is 1. The third-order valence-corrected chi connectivity index (χ3v) is 3.09. The highest BCUT2D eigenvalue weighted by molar-refractivity contribution is 6.13. The van der Waals surface area contributed by atoms with E-state index < -0.39 is 0 Å². The quantitative estimate of drug-likeness (QED) is 0.722. The van der Waals surface area contributed by atoms with Crippen molar-refractivity contribution in [3.8, 4) is 0 Å². The van der Waals surface area contributed by atoms with Gasteiger partial charge in [-0.05, 0) is 19.4 Å². The first kappa shape index (κ1) is 10.9. The molecule has 1 aromatic carbocycles. The molecular weight excluding hydrogens is 198 g/mol. The zero-order valence-electron chi connectivity index (χ0n) is 9.86. The van der Waals surface area contributed by atoms with Crippen LogP contribution in [0.15, 0.2) is 36.0 Å². The Hall–Kier alpha value is -1.57. The topological polar surface area (TPSA) is 20.3 Å². The Morgan fingerprint density at radius 1 is 1.25 bits per heavy atom. The maximum atomic E-state index is 12.1. The number of rotatable bonds is 3. The van der Waals surface area contributed by atoms with Gasteiger partial charge >= 0.3 is 0 Å². The average Bonchev–Trinajstić information content (AvgIpc) is 2.64. The molecule has 84 valence electrons. The summed E-state index contributed by atoms with van der Waals surface area (Å²) in [4.78, 5) is 14.2. The third-order valence-electron chi connectivity index (χ3n) is 3.09. The van der Waals surface area contributed by atoms with E-state index in [-0.39, 0.29) is 5.78 Å². The van der Waals surface area contributed by atoms with E-state index in [0.717, 1.165) is 36.2 Å². The molecule has 2 heteroatoms. The molecule has 0 saturated carbocycles. The van der Waals surface area contributed by atoms with E-state index in [0.29, 0.717) is 0 Å². The Morgan fingerprint density at radius 2 is 1.94 bits per heavy atom. The monoisotopic (exact) mass is 215 g/mol. The van der Waals surface area contributed by atoms with Gasteiger partial charge in [0.25, 0.3) is 0 Å². The molecular formula is C14H17NO. The lowest BCUT2D eigenvalue weighted by Gasteiger charge is -2.15. The molecule has 0 unspecified atom stereocenters. The van der Waals surface area contributed by atoms with Gasteiger partial charge in [-0.25, -0.2) is 0 Å². The van der Waals surface area contributed by atoms with Crippen LogP contribution in [0.3, 0.4) is 0 Å². The number of fused-ring (bicyclic) bond motifs is 1. The molecule has 0 atom stereocenters. The maximum Gasteiger partial charge on any atom is 0.191 e. The number of hydrogen-bond acceptors (Lipinski definition) is 2. The summed E-state index contributed by atoms with van der Waals surface area (Å²) in [5, 5.41) is 0. The lowest BCUT2D eigenvalue weighted by molar-refractivity contribution is 0.103. The molecule has 0 fully saturated rings. The van der Waals surface area contributed by atoms with Crippen molar-refractivity contribution < 1.29 is 4.79 Å². The largest absolute Gasteiger partial charge is 0.378 e. The molecule has 0 amide bonds. The fourth-order valence-electron chi connectivity index (χ4n) is 2.09. The Labute approximate surface area is 96.6 Å². The van der Waals surface area contributed by atoms with Gasteiger partial charge in [0.2, 0.25) is 0 Å². The molecule has 0 aliphatic heterocycles. The summed E-state index contributed by atoms with van der Waals surface area (Å²) in [7, 11) is 0. The van der Waals surface area contributed by atoms with Crippen LogP contribution < -0.4 is 0 Å². The minimum absolute atomic E-state index is 0.197. The van der Waals surface area contributed by atoms with Crippen molar-refractivity contribution in [3.05, 3.63) is 47.2 Å². The molecule has 0 spiro atoms. The van der Waals surface area contributed by atoms with Crippen LogP contribution in [-0.2, 0) is 6.42 Å². The fraction of sp³-hybridized carbons (Fsp3) is 0.357. The molecule has 0 bridgehead atoms. The number of allylic oxidation sites excluding steroid dienone is 1. The molecule has 2 rings (SSSR count). The highest BCUT2D eigenvalue weighted by Gasteiger charge is 2.24. The van der Waals surface area contributed by atoms with Crippen molar-refractivity contribution in [2.45, 2.75) is 20.3 Å². The van der Waals surface area contributed by atoms with Gasteiger partial charge in [-0.3, -0.25) is 4.79 Å². The Kier molecular flexibility index (Phi) is 3.09. The summed E-state index contributed by atoms with van der Waals surface area (Å²) in [6.45, 7) is 6.10. The van der Waals surface area contributed by atoms with E-state index in [1.807, 2.05) is 30.5 Å². The van der Waals surface area contributed by atoms with Crippen molar-refractivity contribution in [2.24, 2.45) is 0 Å². The minimum atomic E-state index is 0.197. The van der Waals surface area contributed by atoms with Crippen LogP contribution in [0.5, 0.6) is 0 Å². The summed E-state index contributed by atoms with van der Waals surface area (Å²) < 4.78 is 0. The molecule has 0 heterocycles. The first-order chi connectivity index (χ1) is 7.76. The van der Waals surface area contributed by atoms with Crippen LogP contribution in [0.2, 0.25) is 0 Å². The van der Waals surface area contributed by atoms with Crippen LogP contribution in [0.25, 0.3) is 0 Å². The van der Waals surface area contributed by atoms with Crippen molar-refractivity contribution in [2.75, 3.05) is 13.1 Å². The zero-order chi connectivity index (χ0) is 11.5. The van der Waals surface area contributed by atoms with E-state index in [9.17, 15) is 4.79 Å². The predicted molar refractivity (Wildman–Crippen MR) is 65.5 cm³/mol. The number of carbonyl (C=O) groups excluding carboxylic acids is 1. The van der Waals surface area contributed by atoms with Crippen molar-refractivity contribution in [1.82, 2.24) is 4.90 Å². The maximum absolute atomic E-state index is 12.1. The number of hydrogen-bond donors (Lipinski definition) is 0. The van der Waals surface area contributed by atoms with Crippen LogP contribution in [-0.4, -0.2) is 23.8 Å². The van der Waals surface area contributed by atoms with Gasteiger partial charge in [-0.2, -0.15) is 0 Å². The van der Waals surface area contributed by atoms with E-state index in [4.69, 9.17) is 0 Å². The van der Waals surface area contributed by atoms with E-state index in [2.05, 4.69) is 18.7 Å². The summed E-state index contributed by atoms with van der Waals surface area (Å²) in [6.07, 6.45) is 2.80. The van der Waals surface area contributed by atoms with Gasteiger partial charge < -0.3 is 4.90 Å². The number of nitrogens with zero attached hydrogens (tertiary/aromatic N) is 1. The van der Waals surface area contributed by atoms with Gasteiger partial charge in [-0.1, -0.05) is 24.3 Å². The van der Waals surface area contributed by atoms with Gasteiger partial charge in [0.15, 0.2) is 5.78 Å². The second-order valence-electron chi connectivity index (χ2n) is 4.04. The van der Waals surface area contributed by atoms with Gasteiger partial charge in [0, 0.05) is 36.8 Å². The van der Waals surface area contributed by atoms with E-state index in [1.165, 1.54) is 0 Å². The second kappa shape index (κ2) is 4.52. The standard InChI is InChI=1S/C14H17NO/c1-3-15(4-2)10-12-9-11-7-5-6-8-13(11)14(12)16/h5-8,10H,3-4,9H2,1-2H3. The highest BCUT2D eigenvalue weighted by atomic mass is 16.1. The molecule has 0 aromatic heterocycles. The smallest absolute Gasteiger partial charge is 0.191 e. The summed E-state index contributed by atoms with van der Waals surface area (Å²) in [5.74, 6) is 0.197. The summed E-state index contributed by atoms with van der Waals surface area (Å²) in [6, 6.07) is 7.88. The molecule has 0 N–H and O–H groups in total. The average molecular weight is 215 g/mol. The van der Waals surface area contributed by atoms with Gasteiger partial charge in [-0.15, -0.1) is 0 Å². The normalized spacial score (nSPS) is 16.6. The number of carbonyl (C=O) groups is 1. The molecule has 16 heavy (non-hydrogen) atoms. The van der Waals surface area contributed by atoms with E-state index in [1.54, 1.807) is 0 Å². The molecule has 1 aliphatic carbocycles. The van der Waals surface area contributed by atoms with Crippen LogP contribution >= 0.6 is 0 Å². The highest BCUT2D eigenvalue weighted by Crippen LogP contribution is 2.26. The Morgan fingerprint density at radius 3 is 2.56 bits per heavy atom. The lowest BCUT2D eigenvalue weighted by Crippen LogP contribution is -2.17. The summed E-state index contributed by atoms with van der Waals surface area (Å²) >= 11 is 0. The Balaban J connectivity index is 2.28. The zero-order valence-corrected chi connectivity index (χ0v) is 9.86. The molecule has 0 saturated heterocycles. The molecule has 0 radical (unpaired) electrons. The van der Waals surface area contributed by atoms with Gasteiger partial charge in [0.1, 0.15) is 0 Å². The molecule has 1 aliphatic rings. The predicted octanol–water partition coefficient (Wildman–Crippen LogP) is 2.65. The van der Waals surface area contributed by atoms with Crippen molar-refractivity contribution in [1.29, 1.82) is 0 Å². The Bertz CT molecular complexity index is 430. The summed E-state index contributed by atoms with van der Waals surface area (Å²) in [5.41, 5.74) is 2.96. The number of ketones is 1. The van der Waals surface area contributed by atoms with Crippen LogP contribution in [0.1, 0.15) is 29.8 Å². The first-order valence-corrected chi connectivity index (χ1v) is 5.83. The molecule has 2 nitrogen and oxygen atoms in total. The number of benzene rings is 1. The van der Waals surface area contributed by atoms with E-state index >= 15 is 0 Å². The van der Waals surface area contributed by atoms with Gasteiger partial charge in [0.05, 0.1) is 0 Å². The SMILES string of the molecule is CCN(C=C1Cc2ccccc2C1=O)CC. The van der Waals surface area contributed by atoms with Crippen LogP contribution in [0, 0.1) is 0 Å². The molecule has 1 aromatic rings. The minimum Gasteiger partial charge on any atom is -0.378 e. The van der Waals surface area contributed by atoms with Crippen molar-refractivity contribution >= 4 is 5.78 Å². The fourth-order valence-corrected chi connectivity index (χ4v) is 2.09.